The molecule has 2 rings (SSSR count). The minimum absolute atomic E-state index is 0.0659. The van der Waals surface area contributed by atoms with Gasteiger partial charge >= 0.3 is 0 Å². The van der Waals surface area contributed by atoms with Gasteiger partial charge in [0, 0.05) is 19.0 Å². The van der Waals surface area contributed by atoms with Gasteiger partial charge in [0.2, 0.25) is 0 Å². The van der Waals surface area contributed by atoms with Crippen LogP contribution in [0.2, 0.25) is 0 Å². The predicted octanol–water partition coefficient (Wildman–Crippen LogP) is 1.74. The zero-order chi connectivity index (χ0) is 15.4. The van der Waals surface area contributed by atoms with Crippen LogP contribution in [0.4, 0.5) is 0 Å². The fraction of sp³-hybridized carbons (Fsp3) is 0.467. The second-order valence-corrected chi connectivity index (χ2v) is 5.27. The number of amides is 1. The average Bonchev–Trinajstić information content (AvgIpc) is 3.31. The number of methoxy groups -OCH3 is 1. The van der Waals surface area contributed by atoms with Gasteiger partial charge in [-0.25, -0.2) is 0 Å². The Balaban J connectivity index is 2.20. The number of oxime groups is 1. The zero-order valence-corrected chi connectivity index (χ0v) is 12.4. The molecule has 0 heterocycles. The van der Waals surface area contributed by atoms with Crippen LogP contribution in [0, 0.1) is 6.92 Å². The zero-order valence-electron chi connectivity index (χ0n) is 12.4. The molecule has 0 atom stereocenters. The lowest BCUT2D eigenvalue weighted by atomic mass is 10.1. The summed E-state index contributed by atoms with van der Waals surface area (Å²) in [5.74, 6) is 0.633. The molecule has 0 spiro atoms. The molecule has 6 heteroatoms. The number of ether oxygens (including phenoxy) is 1. The minimum atomic E-state index is -0.0659. The van der Waals surface area contributed by atoms with Crippen LogP contribution in [0.25, 0.3) is 0 Å². The first kappa shape index (κ1) is 15.2. The second kappa shape index (κ2) is 6.47. The number of carbonyl (C=O) groups is 1. The van der Waals surface area contributed by atoms with Crippen LogP contribution in [0.1, 0.15) is 35.2 Å². The van der Waals surface area contributed by atoms with Crippen LogP contribution in [-0.4, -0.2) is 41.5 Å². The highest BCUT2D eigenvalue weighted by molar-refractivity contribution is 5.97. The smallest absolute Gasteiger partial charge is 0.257 e. The van der Waals surface area contributed by atoms with Gasteiger partial charge in [0.05, 0.1) is 12.7 Å². The molecule has 0 radical (unpaired) electrons. The number of aryl methyl sites for hydroxylation is 1. The topological polar surface area (TPSA) is 88.2 Å². The molecular weight excluding hydrogens is 270 g/mol. The normalized spacial score (nSPS) is 14.9. The quantitative estimate of drug-likeness (QED) is 0.362. The van der Waals surface area contributed by atoms with Gasteiger partial charge in [0.25, 0.3) is 5.91 Å². The Morgan fingerprint density at radius 2 is 2.24 bits per heavy atom. The summed E-state index contributed by atoms with van der Waals surface area (Å²) in [4.78, 5) is 14.5. The fourth-order valence-corrected chi connectivity index (χ4v) is 2.26. The summed E-state index contributed by atoms with van der Waals surface area (Å²) >= 11 is 0. The van der Waals surface area contributed by atoms with Crippen molar-refractivity contribution in [2.45, 2.75) is 32.2 Å². The van der Waals surface area contributed by atoms with Crippen molar-refractivity contribution in [3.8, 4) is 5.75 Å². The van der Waals surface area contributed by atoms with Gasteiger partial charge in [-0.15, -0.1) is 0 Å². The Hall–Kier alpha value is -2.24. The molecule has 0 bridgehead atoms. The van der Waals surface area contributed by atoms with Gasteiger partial charge in [-0.3, -0.25) is 4.79 Å². The lowest BCUT2D eigenvalue weighted by Crippen LogP contribution is -2.36. The number of carbonyl (C=O) groups excluding carboxylic acids is 1. The Labute approximate surface area is 124 Å². The number of nitrogens with two attached hydrogens (primary N) is 1. The van der Waals surface area contributed by atoms with E-state index in [4.69, 9.17) is 15.7 Å². The number of hydrogen-bond acceptors (Lipinski definition) is 4. The fourth-order valence-electron chi connectivity index (χ4n) is 2.26. The molecule has 1 aromatic rings. The van der Waals surface area contributed by atoms with E-state index in [2.05, 4.69) is 5.16 Å². The molecule has 1 aromatic carbocycles. The maximum absolute atomic E-state index is 12.8. The highest BCUT2D eigenvalue weighted by Crippen LogP contribution is 2.30. The summed E-state index contributed by atoms with van der Waals surface area (Å²) in [5, 5.41) is 11.6. The van der Waals surface area contributed by atoms with Crippen molar-refractivity contribution in [1.29, 1.82) is 0 Å². The first-order valence-corrected chi connectivity index (χ1v) is 6.98. The highest BCUT2D eigenvalue weighted by Gasteiger charge is 2.33. The van der Waals surface area contributed by atoms with E-state index >= 15 is 0 Å². The molecule has 0 saturated heterocycles. The number of amidine groups is 1. The van der Waals surface area contributed by atoms with Crippen molar-refractivity contribution in [1.82, 2.24) is 4.90 Å². The average molecular weight is 291 g/mol. The largest absolute Gasteiger partial charge is 0.496 e. The standard InChI is InChI=1S/C15H21N3O3/c1-10-3-6-13(21-2)12(9-10)15(19)18(11-4-5-11)8-7-14(16)17-20/h3,6,9,11,20H,4-5,7-8H2,1-2H3,(H2,16,17). The summed E-state index contributed by atoms with van der Waals surface area (Å²) in [7, 11) is 1.55. The van der Waals surface area contributed by atoms with Gasteiger partial charge in [0.1, 0.15) is 11.6 Å². The van der Waals surface area contributed by atoms with Gasteiger partial charge in [-0.1, -0.05) is 16.8 Å². The monoisotopic (exact) mass is 291 g/mol. The molecular formula is C15H21N3O3. The summed E-state index contributed by atoms with van der Waals surface area (Å²) in [6, 6.07) is 5.79. The summed E-state index contributed by atoms with van der Waals surface area (Å²) in [5.41, 5.74) is 7.06. The van der Waals surface area contributed by atoms with Crippen molar-refractivity contribution in [2.75, 3.05) is 13.7 Å². The van der Waals surface area contributed by atoms with Crippen molar-refractivity contribution < 1.29 is 14.7 Å². The van der Waals surface area contributed by atoms with Crippen LogP contribution in [0.15, 0.2) is 23.4 Å². The number of hydrogen-bond donors (Lipinski definition) is 2. The number of nitrogens with zero attached hydrogens (tertiary/aromatic N) is 2. The van der Waals surface area contributed by atoms with E-state index < -0.39 is 0 Å². The van der Waals surface area contributed by atoms with Crippen LogP contribution >= 0.6 is 0 Å². The Bertz CT molecular complexity index is 553. The van der Waals surface area contributed by atoms with E-state index in [0.717, 1.165) is 18.4 Å². The summed E-state index contributed by atoms with van der Waals surface area (Å²) in [6.45, 7) is 2.38. The Kier molecular flexibility index (Phi) is 4.67. The molecule has 0 aliphatic heterocycles. The van der Waals surface area contributed by atoms with Gasteiger partial charge in [-0.05, 0) is 31.9 Å². The first-order chi connectivity index (χ1) is 10.1. The van der Waals surface area contributed by atoms with E-state index in [9.17, 15) is 4.79 Å². The lowest BCUT2D eigenvalue weighted by Gasteiger charge is -2.23. The maximum Gasteiger partial charge on any atom is 0.257 e. The molecule has 21 heavy (non-hydrogen) atoms. The Morgan fingerprint density at radius 3 is 2.81 bits per heavy atom. The van der Waals surface area contributed by atoms with Crippen LogP contribution in [0.3, 0.4) is 0 Å². The van der Waals surface area contributed by atoms with Crippen molar-refractivity contribution in [3.63, 3.8) is 0 Å². The maximum atomic E-state index is 12.8. The molecule has 1 aliphatic rings. The third-order valence-electron chi connectivity index (χ3n) is 3.57. The van der Waals surface area contributed by atoms with Gasteiger partial charge in [-0.2, -0.15) is 0 Å². The molecule has 1 aliphatic carbocycles. The first-order valence-electron chi connectivity index (χ1n) is 6.98. The van der Waals surface area contributed by atoms with Crippen LogP contribution in [0.5, 0.6) is 5.75 Å². The molecule has 1 amide bonds. The molecule has 1 saturated carbocycles. The molecule has 1 fully saturated rings. The molecule has 0 aromatic heterocycles. The van der Waals surface area contributed by atoms with E-state index in [0.29, 0.717) is 24.3 Å². The predicted molar refractivity (Wildman–Crippen MR) is 79.8 cm³/mol. The van der Waals surface area contributed by atoms with Crippen molar-refractivity contribution >= 4 is 11.7 Å². The highest BCUT2D eigenvalue weighted by atomic mass is 16.5. The van der Waals surface area contributed by atoms with E-state index in [1.807, 2.05) is 19.1 Å². The summed E-state index contributed by atoms with van der Waals surface area (Å²) in [6.07, 6.45) is 2.35. The second-order valence-electron chi connectivity index (χ2n) is 5.27. The van der Waals surface area contributed by atoms with E-state index in [-0.39, 0.29) is 17.8 Å². The van der Waals surface area contributed by atoms with Crippen molar-refractivity contribution in [2.24, 2.45) is 10.9 Å². The molecule has 3 N–H and O–H groups in total. The van der Waals surface area contributed by atoms with Crippen molar-refractivity contribution in [3.05, 3.63) is 29.3 Å². The summed E-state index contributed by atoms with van der Waals surface area (Å²) < 4.78 is 5.28. The van der Waals surface area contributed by atoms with Gasteiger partial charge < -0.3 is 20.6 Å². The Morgan fingerprint density at radius 1 is 1.52 bits per heavy atom. The SMILES string of the molecule is COc1ccc(C)cc1C(=O)N(CCC(N)=NO)C1CC1. The minimum Gasteiger partial charge on any atom is -0.496 e. The molecule has 0 unspecified atom stereocenters. The molecule has 114 valence electrons. The van der Waals surface area contributed by atoms with E-state index in [1.165, 1.54) is 0 Å². The third-order valence-corrected chi connectivity index (χ3v) is 3.57. The lowest BCUT2D eigenvalue weighted by molar-refractivity contribution is 0.0744. The number of benzene rings is 1. The van der Waals surface area contributed by atoms with Crippen LogP contribution in [-0.2, 0) is 0 Å². The molecule has 6 nitrogen and oxygen atoms in total. The van der Waals surface area contributed by atoms with E-state index in [1.54, 1.807) is 18.1 Å². The van der Waals surface area contributed by atoms with Gasteiger partial charge in [0.15, 0.2) is 0 Å². The number of rotatable bonds is 6. The van der Waals surface area contributed by atoms with Crippen LogP contribution < -0.4 is 10.5 Å². The third kappa shape index (κ3) is 3.65.